The summed E-state index contributed by atoms with van der Waals surface area (Å²) in [4.78, 5) is 35.3. The summed E-state index contributed by atoms with van der Waals surface area (Å²) in [5, 5.41) is 31.0. The molecule has 2 rings (SSSR count). The SMILES string of the molecule is CC(C)(C)OC(=O)C(C)(C)CCN1c2c(O)cn(C(=O)O)c2CN1C(=O)O. The minimum Gasteiger partial charge on any atom is -0.504 e. The van der Waals surface area contributed by atoms with Gasteiger partial charge in [0.15, 0.2) is 5.75 Å². The number of rotatable bonds is 4. The minimum atomic E-state index is -1.33. The summed E-state index contributed by atoms with van der Waals surface area (Å²) in [6.07, 6.45) is -1.37. The lowest BCUT2D eigenvalue weighted by atomic mass is 9.89. The second-order valence-corrected chi connectivity index (χ2v) is 8.06. The Bertz CT molecular complexity index is 776. The van der Waals surface area contributed by atoms with Gasteiger partial charge in [0.05, 0.1) is 23.9 Å². The number of fused-ring (bicyclic) bond motifs is 1. The maximum atomic E-state index is 12.4. The van der Waals surface area contributed by atoms with Crippen LogP contribution in [0.3, 0.4) is 0 Å². The van der Waals surface area contributed by atoms with Gasteiger partial charge in [-0.05, 0) is 41.0 Å². The predicted molar refractivity (Wildman–Crippen MR) is 94.7 cm³/mol. The van der Waals surface area contributed by atoms with Gasteiger partial charge in [0.1, 0.15) is 11.3 Å². The fourth-order valence-electron chi connectivity index (χ4n) is 2.78. The molecule has 27 heavy (non-hydrogen) atoms. The normalized spacial score (nSPS) is 14.3. The highest BCUT2D eigenvalue weighted by atomic mass is 16.6. The van der Waals surface area contributed by atoms with E-state index in [1.807, 2.05) is 0 Å². The van der Waals surface area contributed by atoms with Crippen LogP contribution in [0, 0.1) is 5.41 Å². The summed E-state index contributed by atoms with van der Waals surface area (Å²) in [7, 11) is 0. The lowest BCUT2D eigenvalue weighted by Gasteiger charge is -2.32. The molecule has 0 spiro atoms. The molecule has 10 heteroatoms. The number of carbonyl (C=O) groups excluding carboxylic acids is 1. The Balaban J connectivity index is 2.26. The quantitative estimate of drug-likeness (QED) is 0.676. The van der Waals surface area contributed by atoms with Crippen LogP contribution in [0.5, 0.6) is 5.75 Å². The van der Waals surface area contributed by atoms with Gasteiger partial charge < -0.3 is 20.1 Å². The maximum absolute atomic E-state index is 12.4. The van der Waals surface area contributed by atoms with Crippen molar-refractivity contribution in [1.29, 1.82) is 0 Å². The van der Waals surface area contributed by atoms with Crippen LogP contribution in [-0.2, 0) is 16.1 Å². The highest BCUT2D eigenvalue weighted by molar-refractivity contribution is 5.81. The first kappa shape index (κ1) is 20.4. The number of hydrogen-bond donors (Lipinski definition) is 3. The zero-order chi connectivity index (χ0) is 20.7. The Hall–Kier alpha value is -2.91. The molecule has 0 fully saturated rings. The molecule has 0 aromatic carbocycles. The van der Waals surface area contributed by atoms with Crippen molar-refractivity contribution in [3.05, 3.63) is 11.9 Å². The van der Waals surface area contributed by atoms with Crippen LogP contribution in [-0.4, -0.2) is 55.2 Å². The number of amides is 1. The van der Waals surface area contributed by atoms with Gasteiger partial charge in [-0.25, -0.2) is 19.2 Å². The molecule has 1 aliphatic heterocycles. The Kier molecular flexibility index (Phi) is 5.04. The average Bonchev–Trinajstić information content (AvgIpc) is 3.01. The monoisotopic (exact) mass is 383 g/mol. The number of nitrogens with zero attached hydrogens (tertiary/aromatic N) is 3. The molecule has 0 bridgehead atoms. The van der Waals surface area contributed by atoms with Crippen LogP contribution < -0.4 is 5.01 Å². The van der Waals surface area contributed by atoms with Crippen molar-refractivity contribution in [2.45, 2.75) is 53.2 Å². The van der Waals surface area contributed by atoms with E-state index in [4.69, 9.17) is 4.74 Å². The molecule has 1 aliphatic rings. The van der Waals surface area contributed by atoms with Gasteiger partial charge in [-0.2, -0.15) is 0 Å². The molecule has 0 saturated heterocycles. The number of hydrogen-bond acceptors (Lipinski definition) is 6. The average molecular weight is 383 g/mol. The molecule has 1 amide bonds. The van der Waals surface area contributed by atoms with E-state index in [1.54, 1.807) is 34.6 Å². The highest BCUT2D eigenvalue weighted by Gasteiger charge is 2.40. The van der Waals surface area contributed by atoms with Crippen LogP contribution in [0.15, 0.2) is 6.20 Å². The number of esters is 1. The highest BCUT2D eigenvalue weighted by Crippen LogP contribution is 2.41. The van der Waals surface area contributed by atoms with Crippen LogP contribution in [0.1, 0.15) is 46.7 Å². The van der Waals surface area contributed by atoms with E-state index in [2.05, 4.69) is 0 Å². The molecular weight excluding hydrogens is 358 g/mol. The van der Waals surface area contributed by atoms with Gasteiger partial charge >= 0.3 is 18.2 Å². The largest absolute Gasteiger partial charge is 0.504 e. The van der Waals surface area contributed by atoms with E-state index in [-0.39, 0.29) is 36.6 Å². The van der Waals surface area contributed by atoms with Crippen molar-refractivity contribution >= 4 is 23.8 Å². The maximum Gasteiger partial charge on any atom is 0.426 e. The molecule has 0 unspecified atom stereocenters. The van der Waals surface area contributed by atoms with Crippen LogP contribution >= 0.6 is 0 Å². The Morgan fingerprint density at radius 3 is 2.19 bits per heavy atom. The van der Waals surface area contributed by atoms with E-state index in [1.165, 1.54) is 5.01 Å². The standard InChI is InChI=1S/C17H25N3O7/c1-16(2,3)27-13(22)17(4,5)6-7-19-12-10(8-20(19)15(25)26)18(14(23)24)9-11(12)21/h9,21H,6-8H2,1-5H3,(H,23,24)(H,25,26). The molecule has 3 N–H and O–H groups in total. The molecule has 0 atom stereocenters. The van der Waals surface area contributed by atoms with Gasteiger partial charge in [0.2, 0.25) is 0 Å². The molecule has 150 valence electrons. The summed E-state index contributed by atoms with van der Waals surface area (Å²) < 4.78 is 6.19. The number of anilines is 1. The van der Waals surface area contributed by atoms with Crippen LogP contribution in [0.4, 0.5) is 15.3 Å². The Labute approximate surface area is 156 Å². The van der Waals surface area contributed by atoms with Gasteiger partial charge in [-0.15, -0.1) is 0 Å². The first-order chi connectivity index (χ1) is 12.2. The smallest absolute Gasteiger partial charge is 0.426 e. The summed E-state index contributed by atoms with van der Waals surface area (Å²) in [5.74, 6) is -0.769. The Morgan fingerprint density at radius 2 is 1.70 bits per heavy atom. The molecular formula is C17H25N3O7. The first-order valence-corrected chi connectivity index (χ1v) is 8.42. The summed E-state index contributed by atoms with van der Waals surface area (Å²) in [5.41, 5.74) is -1.30. The van der Waals surface area contributed by atoms with E-state index in [0.29, 0.717) is 0 Å². The predicted octanol–water partition coefficient (Wildman–Crippen LogP) is 2.69. The topological polar surface area (TPSA) is 133 Å². The number of ether oxygens (including phenoxy) is 1. The van der Waals surface area contributed by atoms with E-state index < -0.39 is 29.2 Å². The van der Waals surface area contributed by atoms with Crippen molar-refractivity contribution in [2.24, 2.45) is 5.41 Å². The number of aromatic nitrogens is 1. The van der Waals surface area contributed by atoms with Gasteiger partial charge in [0.25, 0.3) is 0 Å². The lowest BCUT2D eigenvalue weighted by Crippen LogP contribution is -2.44. The Morgan fingerprint density at radius 1 is 1.11 bits per heavy atom. The molecule has 1 aromatic heterocycles. The molecule has 0 aliphatic carbocycles. The zero-order valence-electron chi connectivity index (χ0n) is 16.0. The van der Waals surface area contributed by atoms with Gasteiger partial charge in [-0.3, -0.25) is 9.80 Å². The third-order valence-electron chi connectivity index (χ3n) is 4.23. The van der Waals surface area contributed by atoms with Crippen molar-refractivity contribution in [3.8, 4) is 5.75 Å². The van der Waals surface area contributed by atoms with Crippen LogP contribution in [0.25, 0.3) is 0 Å². The van der Waals surface area contributed by atoms with Crippen molar-refractivity contribution in [2.75, 3.05) is 11.6 Å². The fraction of sp³-hybridized carbons (Fsp3) is 0.588. The number of aromatic hydroxyl groups is 1. The van der Waals surface area contributed by atoms with E-state index >= 15 is 0 Å². The third kappa shape index (κ3) is 4.09. The molecule has 0 saturated carbocycles. The van der Waals surface area contributed by atoms with Crippen molar-refractivity contribution in [3.63, 3.8) is 0 Å². The summed E-state index contributed by atoms with van der Waals surface area (Å²) in [6, 6.07) is 0. The van der Waals surface area contributed by atoms with Crippen LogP contribution in [0.2, 0.25) is 0 Å². The number of hydrazine groups is 1. The van der Waals surface area contributed by atoms with Crippen molar-refractivity contribution in [1.82, 2.24) is 9.58 Å². The molecule has 0 radical (unpaired) electrons. The van der Waals surface area contributed by atoms with Gasteiger partial charge in [-0.1, -0.05) is 0 Å². The fourth-order valence-corrected chi connectivity index (χ4v) is 2.78. The third-order valence-corrected chi connectivity index (χ3v) is 4.23. The minimum absolute atomic E-state index is 0.0722. The van der Waals surface area contributed by atoms with Gasteiger partial charge in [0, 0.05) is 6.54 Å². The molecule has 1 aromatic rings. The van der Waals surface area contributed by atoms with Crippen molar-refractivity contribution < 1.29 is 34.4 Å². The summed E-state index contributed by atoms with van der Waals surface area (Å²) >= 11 is 0. The number of carboxylic acid groups (broad SMARTS) is 2. The van der Waals surface area contributed by atoms with E-state index in [9.17, 15) is 29.7 Å². The summed E-state index contributed by atoms with van der Waals surface area (Å²) in [6.45, 7) is 8.50. The molecule has 10 nitrogen and oxygen atoms in total. The zero-order valence-corrected chi connectivity index (χ0v) is 16.0. The second kappa shape index (κ2) is 6.67. The second-order valence-electron chi connectivity index (χ2n) is 8.06. The molecule has 2 heterocycles. The number of carbonyl (C=O) groups is 3. The first-order valence-electron chi connectivity index (χ1n) is 8.42. The lowest BCUT2D eigenvalue weighted by molar-refractivity contribution is -0.165. The van der Waals surface area contributed by atoms with E-state index in [0.717, 1.165) is 15.8 Å².